The van der Waals surface area contributed by atoms with Crippen LogP contribution in [0.2, 0.25) is 0 Å². The number of carbonyl (C=O) groups excluding carboxylic acids is 1. The van der Waals surface area contributed by atoms with Gasteiger partial charge in [0.15, 0.2) is 5.69 Å². The quantitative estimate of drug-likeness (QED) is 0.431. The van der Waals surface area contributed by atoms with E-state index in [-0.39, 0.29) is 18.0 Å². The molecule has 0 fully saturated rings. The molecule has 2 aromatic carbocycles. The molecule has 1 amide bonds. The van der Waals surface area contributed by atoms with Crippen LogP contribution in [-0.2, 0) is 12.6 Å². The van der Waals surface area contributed by atoms with Gasteiger partial charge >= 0.3 is 12.5 Å². The molecule has 0 aliphatic rings. The van der Waals surface area contributed by atoms with Crippen molar-refractivity contribution in [3.63, 3.8) is 0 Å². The van der Waals surface area contributed by atoms with Crippen LogP contribution in [0.3, 0.4) is 0 Å². The second kappa shape index (κ2) is 9.69. The van der Waals surface area contributed by atoms with Crippen molar-refractivity contribution < 1.29 is 40.6 Å². The van der Waals surface area contributed by atoms with Crippen LogP contribution in [0.4, 0.5) is 26.3 Å². The minimum Gasteiger partial charge on any atom is -0.497 e. The number of alkyl halides is 6. The molecule has 0 bridgehead atoms. The van der Waals surface area contributed by atoms with Crippen LogP contribution in [0.5, 0.6) is 11.5 Å². The Morgan fingerprint density at radius 2 is 1.73 bits per heavy atom. The molecule has 1 aromatic heterocycles. The maximum absolute atomic E-state index is 13.5. The molecule has 0 aliphatic heterocycles. The summed E-state index contributed by atoms with van der Waals surface area (Å²) in [6, 6.07) is 11.3. The van der Waals surface area contributed by atoms with Gasteiger partial charge in [-0.3, -0.25) is 4.79 Å². The molecule has 12 heteroatoms. The van der Waals surface area contributed by atoms with Crippen molar-refractivity contribution in [2.45, 2.75) is 19.0 Å². The largest absolute Gasteiger partial charge is 0.573 e. The molecular weight excluding hydrogens is 474 g/mol. The number of rotatable bonds is 7. The number of aromatic nitrogens is 1. The van der Waals surface area contributed by atoms with E-state index in [1.165, 1.54) is 25.3 Å². The summed E-state index contributed by atoms with van der Waals surface area (Å²) < 4.78 is 86.4. The normalized spacial score (nSPS) is 11.8. The predicted molar refractivity (Wildman–Crippen MR) is 108 cm³/mol. The fourth-order valence-electron chi connectivity index (χ4n) is 2.84. The fourth-order valence-corrected chi connectivity index (χ4v) is 3.84. The maximum atomic E-state index is 13.5. The average molecular weight is 490 g/mol. The summed E-state index contributed by atoms with van der Waals surface area (Å²) in [6.45, 7) is -0.113. The van der Waals surface area contributed by atoms with E-state index >= 15 is 0 Å². The maximum Gasteiger partial charge on any atom is 0.573 e. The van der Waals surface area contributed by atoms with E-state index in [1.807, 2.05) is 0 Å². The lowest BCUT2D eigenvalue weighted by Gasteiger charge is -2.10. The molecule has 0 radical (unpaired) electrons. The van der Waals surface area contributed by atoms with Crippen molar-refractivity contribution in [1.82, 2.24) is 10.3 Å². The summed E-state index contributed by atoms with van der Waals surface area (Å²) in [7, 11) is 1.41. The molecular formula is C21H16F6N2O3S. The molecule has 0 unspecified atom stereocenters. The Morgan fingerprint density at radius 3 is 2.39 bits per heavy atom. The zero-order valence-electron chi connectivity index (χ0n) is 16.9. The van der Waals surface area contributed by atoms with Crippen LogP contribution >= 0.6 is 11.3 Å². The SMILES string of the molecule is COc1cccc(-c2nc(C(F)(F)F)c(C(=O)NCCc3cccc(OC(F)(F)F)c3)s2)c1. The summed E-state index contributed by atoms with van der Waals surface area (Å²) in [4.78, 5) is 15.5. The Labute approximate surface area is 188 Å². The molecule has 0 atom stereocenters. The highest BCUT2D eigenvalue weighted by molar-refractivity contribution is 7.17. The first-order valence-corrected chi connectivity index (χ1v) is 10.1. The van der Waals surface area contributed by atoms with Gasteiger partial charge in [0.2, 0.25) is 0 Å². The monoisotopic (exact) mass is 490 g/mol. The number of amides is 1. The summed E-state index contributed by atoms with van der Waals surface area (Å²) in [6.07, 6.45) is -9.64. The first-order valence-electron chi connectivity index (χ1n) is 9.31. The molecule has 0 spiro atoms. The second-order valence-corrected chi connectivity index (χ2v) is 7.63. The van der Waals surface area contributed by atoms with Gasteiger partial charge in [-0.05, 0) is 36.2 Å². The Hall–Kier alpha value is -3.28. The number of halogens is 6. The van der Waals surface area contributed by atoms with E-state index in [0.29, 0.717) is 28.2 Å². The zero-order valence-corrected chi connectivity index (χ0v) is 17.7. The third-order valence-electron chi connectivity index (χ3n) is 4.25. The Bertz CT molecular complexity index is 1130. The van der Waals surface area contributed by atoms with Crippen molar-refractivity contribution >= 4 is 17.2 Å². The molecule has 5 nitrogen and oxygen atoms in total. The van der Waals surface area contributed by atoms with E-state index in [4.69, 9.17) is 4.74 Å². The van der Waals surface area contributed by atoms with Gasteiger partial charge < -0.3 is 14.8 Å². The summed E-state index contributed by atoms with van der Waals surface area (Å²) in [5, 5.41) is 2.35. The van der Waals surface area contributed by atoms with E-state index in [0.717, 1.165) is 12.1 Å². The number of hydrogen-bond donors (Lipinski definition) is 1. The molecule has 0 aliphatic carbocycles. The highest BCUT2D eigenvalue weighted by Crippen LogP contribution is 2.38. The smallest absolute Gasteiger partial charge is 0.497 e. The summed E-state index contributed by atoms with van der Waals surface area (Å²) in [5.74, 6) is -1.01. The third kappa shape index (κ3) is 6.60. The number of methoxy groups -OCH3 is 1. The predicted octanol–water partition coefficient (Wildman–Crippen LogP) is 5.71. The lowest BCUT2D eigenvalue weighted by molar-refractivity contribution is -0.274. The summed E-state index contributed by atoms with van der Waals surface area (Å²) in [5.41, 5.74) is -0.566. The molecule has 3 rings (SSSR count). The van der Waals surface area contributed by atoms with Crippen molar-refractivity contribution in [2.24, 2.45) is 0 Å². The van der Waals surface area contributed by atoms with Gasteiger partial charge in [-0.1, -0.05) is 24.3 Å². The van der Waals surface area contributed by atoms with E-state index in [1.54, 1.807) is 18.2 Å². The molecule has 33 heavy (non-hydrogen) atoms. The number of nitrogens with zero attached hydrogens (tertiary/aromatic N) is 1. The minimum atomic E-state index is -4.86. The van der Waals surface area contributed by atoms with Crippen LogP contribution in [0, 0.1) is 0 Å². The van der Waals surface area contributed by atoms with Gasteiger partial charge in [-0.2, -0.15) is 13.2 Å². The second-order valence-electron chi connectivity index (χ2n) is 6.63. The molecule has 1 N–H and O–H groups in total. The number of nitrogens with one attached hydrogen (secondary N) is 1. The van der Waals surface area contributed by atoms with E-state index in [9.17, 15) is 31.1 Å². The highest BCUT2D eigenvalue weighted by Gasteiger charge is 2.39. The standard InChI is InChI=1S/C21H16F6N2O3S/c1-31-14-6-3-5-13(11-14)19-29-17(20(22,23)24)16(33-19)18(30)28-9-8-12-4-2-7-15(10-12)32-21(25,26)27/h2-7,10-11H,8-9H2,1H3,(H,28,30). The lowest BCUT2D eigenvalue weighted by Crippen LogP contribution is -2.27. The van der Waals surface area contributed by atoms with E-state index < -0.39 is 34.8 Å². The average Bonchev–Trinajstić information content (AvgIpc) is 3.19. The first-order chi connectivity index (χ1) is 15.5. The third-order valence-corrected chi connectivity index (χ3v) is 5.35. The first kappa shape index (κ1) is 24.4. The lowest BCUT2D eigenvalue weighted by atomic mass is 10.1. The van der Waals surface area contributed by atoms with Crippen LogP contribution in [0.25, 0.3) is 10.6 Å². The topological polar surface area (TPSA) is 60.5 Å². The van der Waals surface area contributed by atoms with Gasteiger partial charge in [-0.25, -0.2) is 4.98 Å². The number of hydrogen-bond acceptors (Lipinski definition) is 5. The van der Waals surface area contributed by atoms with Gasteiger partial charge in [0.05, 0.1) is 7.11 Å². The minimum absolute atomic E-state index is 0.0108. The van der Waals surface area contributed by atoms with Crippen LogP contribution in [-0.4, -0.2) is 30.9 Å². The summed E-state index contributed by atoms with van der Waals surface area (Å²) >= 11 is 0.578. The molecule has 1 heterocycles. The van der Waals surface area contributed by atoms with Gasteiger partial charge in [0.25, 0.3) is 5.91 Å². The number of ether oxygens (including phenoxy) is 2. The van der Waals surface area contributed by atoms with Crippen LogP contribution in [0.15, 0.2) is 48.5 Å². The van der Waals surface area contributed by atoms with Gasteiger partial charge in [-0.15, -0.1) is 24.5 Å². The molecule has 176 valence electrons. The molecule has 0 saturated carbocycles. The van der Waals surface area contributed by atoms with E-state index in [2.05, 4.69) is 15.0 Å². The van der Waals surface area contributed by atoms with Gasteiger partial charge in [0.1, 0.15) is 21.4 Å². The Kier molecular flexibility index (Phi) is 7.15. The van der Waals surface area contributed by atoms with Crippen LogP contribution < -0.4 is 14.8 Å². The number of thiazole rings is 1. The fraction of sp³-hybridized carbons (Fsp3) is 0.238. The Morgan fingerprint density at radius 1 is 1.03 bits per heavy atom. The Balaban J connectivity index is 1.74. The number of benzene rings is 2. The number of carbonyl (C=O) groups is 1. The van der Waals surface area contributed by atoms with Crippen LogP contribution in [0.1, 0.15) is 20.9 Å². The van der Waals surface area contributed by atoms with Gasteiger partial charge in [0, 0.05) is 12.1 Å². The van der Waals surface area contributed by atoms with Crippen molar-refractivity contribution in [2.75, 3.05) is 13.7 Å². The molecule has 0 saturated heterocycles. The zero-order chi connectivity index (χ0) is 24.2. The molecule has 3 aromatic rings. The van der Waals surface area contributed by atoms with Crippen molar-refractivity contribution in [3.05, 3.63) is 64.7 Å². The van der Waals surface area contributed by atoms with Crippen molar-refractivity contribution in [3.8, 4) is 22.1 Å². The highest BCUT2D eigenvalue weighted by atomic mass is 32.1. The van der Waals surface area contributed by atoms with Crippen molar-refractivity contribution in [1.29, 1.82) is 0 Å².